The van der Waals surface area contributed by atoms with Gasteiger partial charge in [0.15, 0.2) is 0 Å². The third kappa shape index (κ3) is 2.82. The lowest BCUT2D eigenvalue weighted by Gasteiger charge is -2.30. The number of nitrogens with zero attached hydrogens (tertiary/aromatic N) is 2. The maximum absolute atomic E-state index is 11.5. The van der Waals surface area contributed by atoms with E-state index in [1.165, 1.54) is 12.1 Å². The van der Waals surface area contributed by atoms with E-state index in [2.05, 4.69) is 16.0 Å². The second-order valence-electron chi connectivity index (χ2n) is 6.28. The van der Waals surface area contributed by atoms with Crippen LogP contribution in [0.3, 0.4) is 0 Å². The maximum Gasteiger partial charge on any atom is 0.238 e. The van der Waals surface area contributed by atoms with Gasteiger partial charge in [0.1, 0.15) is 6.07 Å². The second kappa shape index (κ2) is 6.02. The molecule has 0 atom stereocenters. The fourth-order valence-electron chi connectivity index (χ4n) is 3.45. The van der Waals surface area contributed by atoms with E-state index in [-0.39, 0.29) is 10.5 Å². The van der Waals surface area contributed by atoms with Crippen LogP contribution in [-0.2, 0) is 23.0 Å². The lowest BCUT2D eigenvalue weighted by atomic mass is 10.0. The van der Waals surface area contributed by atoms with Gasteiger partial charge in [0.25, 0.3) is 0 Å². The molecule has 1 aliphatic rings. The van der Waals surface area contributed by atoms with E-state index < -0.39 is 10.0 Å². The molecule has 0 amide bonds. The molecule has 132 valence electrons. The van der Waals surface area contributed by atoms with Gasteiger partial charge in [0.05, 0.1) is 16.1 Å². The summed E-state index contributed by atoms with van der Waals surface area (Å²) in [7, 11) is -3.85. The first-order valence-corrected chi connectivity index (χ1v) is 9.90. The normalized spacial score (nSPS) is 14.3. The van der Waals surface area contributed by atoms with Gasteiger partial charge in [0.2, 0.25) is 10.0 Å². The predicted octanol–water partition coefficient (Wildman–Crippen LogP) is 2.90. The lowest BCUT2D eigenvalue weighted by molar-refractivity contribution is 0.597. The van der Waals surface area contributed by atoms with Gasteiger partial charge in [-0.2, -0.15) is 5.26 Å². The number of hydrogen-bond donors (Lipinski definition) is 2. The fraction of sp³-hybridized carbons (Fsp3) is 0.167. The zero-order chi connectivity index (χ0) is 18.5. The molecule has 0 saturated carbocycles. The van der Waals surface area contributed by atoms with Crippen molar-refractivity contribution in [2.24, 2.45) is 5.14 Å². The standard InChI is InChI=1S/C18H15ClN4O2S/c19-12-1-3-16-14(8-12)15-10-23(6-5-17(15)22-16)18-4-2-13(26(21,24)25)7-11(18)9-20/h1-4,7-8,22H,5-6,10H2,(H2,21,24,25). The first-order valence-electron chi connectivity index (χ1n) is 7.97. The zero-order valence-electron chi connectivity index (χ0n) is 13.7. The van der Waals surface area contributed by atoms with Crippen LogP contribution in [0.25, 0.3) is 10.9 Å². The van der Waals surface area contributed by atoms with E-state index in [1.807, 2.05) is 18.2 Å². The molecule has 26 heavy (non-hydrogen) atoms. The molecule has 1 aliphatic heterocycles. The van der Waals surface area contributed by atoms with Gasteiger partial charge >= 0.3 is 0 Å². The summed E-state index contributed by atoms with van der Waals surface area (Å²) in [5.41, 5.74) is 4.33. The molecular weight excluding hydrogens is 372 g/mol. The summed E-state index contributed by atoms with van der Waals surface area (Å²) in [4.78, 5) is 5.44. The molecule has 2 heterocycles. The summed E-state index contributed by atoms with van der Waals surface area (Å²) >= 11 is 6.14. The Kier molecular flexibility index (Phi) is 3.92. The molecule has 3 aromatic rings. The van der Waals surface area contributed by atoms with Crippen LogP contribution in [0.4, 0.5) is 5.69 Å². The van der Waals surface area contributed by atoms with E-state index >= 15 is 0 Å². The number of nitriles is 1. The third-order valence-electron chi connectivity index (χ3n) is 4.69. The molecule has 0 saturated heterocycles. The minimum Gasteiger partial charge on any atom is -0.366 e. The number of primary sulfonamides is 1. The number of benzene rings is 2. The fourth-order valence-corrected chi connectivity index (χ4v) is 4.16. The van der Waals surface area contributed by atoms with Crippen molar-refractivity contribution in [1.82, 2.24) is 4.98 Å². The van der Waals surface area contributed by atoms with E-state index in [0.717, 1.165) is 35.1 Å². The van der Waals surface area contributed by atoms with Crippen LogP contribution < -0.4 is 10.0 Å². The van der Waals surface area contributed by atoms with Crippen molar-refractivity contribution in [2.75, 3.05) is 11.4 Å². The molecular formula is C18H15ClN4O2S. The Bertz CT molecular complexity index is 1180. The molecule has 3 N–H and O–H groups in total. The molecule has 2 aromatic carbocycles. The average Bonchev–Trinajstić information content (AvgIpc) is 2.97. The quantitative estimate of drug-likeness (QED) is 0.706. The monoisotopic (exact) mass is 386 g/mol. The molecule has 0 fully saturated rings. The minimum atomic E-state index is -3.85. The van der Waals surface area contributed by atoms with Gasteiger partial charge in [-0.1, -0.05) is 11.6 Å². The Morgan fingerprint density at radius 1 is 1.23 bits per heavy atom. The van der Waals surface area contributed by atoms with Crippen molar-refractivity contribution in [3.05, 3.63) is 58.2 Å². The van der Waals surface area contributed by atoms with Gasteiger partial charge in [-0.3, -0.25) is 0 Å². The average molecular weight is 387 g/mol. The Morgan fingerprint density at radius 3 is 2.77 bits per heavy atom. The number of sulfonamides is 1. The highest BCUT2D eigenvalue weighted by Gasteiger charge is 2.23. The van der Waals surface area contributed by atoms with Crippen molar-refractivity contribution >= 4 is 38.2 Å². The van der Waals surface area contributed by atoms with Gasteiger partial charge in [0, 0.05) is 46.7 Å². The van der Waals surface area contributed by atoms with Gasteiger partial charge in [-0.15, -0.1) is 0 Å². The van der Waals surface area contributed by atoms with Crippen molar-refractivity contribution < 1.29 is 8.42 Å². The number of hydrogen-bond acceptors (Lipinski definition) is 4. The van der Waals surface area contributed by atoms with E-state index in [4.69, 9.17) is 16.7 Å². The maximum atomic E-state index is 11.5. The lowest BCUT2D eigenvalue weighted by Crippen LogP contribution is -2.30. The highest BCUT2D eigenvalue weighted by atomic mass is 35.5. The number of H-pyrrole nitrogens is 1. The largest absolute Gasteiger partial charge is 0.366 e. The van der Waals surface area contributed by atoms with E-state index in [9.17, 15) is 13.7 Å². The highest BCUT2D eigenvalue weighted by molar-refractivity contribution is 7.89. The van der Waals surface area contributed by atoms with Crippen molar-refractivity contribution in [3.8, 4) is 6.07 Å². The Morgan fingerprint density at radius 2 is 2.04 bits per heavy atom. The molecule has 0 aliphatic carbocycles. The number of fused-ring (bicyclic) bond motifs is 3. The molecule has 1 aromatic heterocycles. The van der Waals surface area contributed by atoms with Gasteiger partial charge < -0.3 is 9.88 Å². The van der Waals surface area contributed by atoms with Gasteiger partial charge in [-0.25, -0.2) is 13.6 Å². The molecule has 0 bridgehead atoms. The Hall–Kier alpha value is -2.53. The first-order chi connectivity index (χ1) is 12.4. The highest BCUT2D eigenvalue weighted by Crippen LogP contribution is 2.33. The summed E-state index contributed by atoms with van der Waals surface area (Å²) in [5.74, 6) is 0. The third-order valence-corrected chi connectivity index (χ3v) is 5.84. The Balaban J connectivity index is 1.76. The number of halogens is 1. The molecule has 6 nitrogen and oxygen atoms in total. The number of aromatic nitrogens is 1. The second-order valence-corrected chi connectivity index (χ2v) is 8.28. The molecule has 8 heteroatoms. The summed E-state index contributed by atoms with van der Waals surface area (Å²) in [6.07, 6.45) is 0.795. The summed E-state index contributed by atoms with van der Waals surface area (Å²) in [6.45, 7) is 1.33. The number of nitrogens with one attached hydrogen (secondary N) is 1. The van der Waals surface area contributed by atoms with Crippen molar-refractivity contribution in [2.45, 2.75) is 17.9 Å². The number of aromatic amines is 1. The van der Waals surface area contributed by atoms with Crippen molar-refractivity contribution in [1.29, 1.82) is 5.26 Å². The predicted molar refractivity (Wildman–Crippen MR) is 101 cm³/mol. The van der Waals surface area contributed by atoms with E-state index in [0.29, 0.717) is 17.3 Å². The number of anilines is 1. The van der Waals surface area contributed by atoms with Crippen LogP contribution >= 0.6 is 11.6 Å². The molecule has 4 rings (SSSR count). The smallest absolute Gasteiger partial charge is 0.238 e. The summed E-state index contributed by atoms with van der Waals surface area (Å²) in [5, 5.41) is 16.4. The van der Waals surface area contributed by atoms with Crippen LogP contribution in [-0.4, -0.2) is 19.9 Å². The minimum absolute atomic E-state index is 0.0608. The summed E-state index contributed by atoms with van der Waals surface area (Å²) in [6, 6.07) is 12.2. The van der Waals surface area contributed by atoms with E-state index in [1.54, 1.807) is 6.07 Å². The van der Waals surface area contributed by atoms with Crippen molar-refractivity contribution in [3.63, 3.8) is 0 Å². The van der Waals surface area contributed by atoms with Crippen LogP contribution in [0, 0.1) is 11.3 Å². The Labute approximate surface area is 155 Å². The SMILES string of the molecule is N#Cc1cc(S(N)(=O)=O)ccc1N1CCc2[nH]c3ccc(Cl)cc3c2C1. The molecule has 0 unspecified atom stereocenters. The van der Waals surface area contributed by atoms with Crippen LogP contribution in [0.15, 0.2) is 41.3 Å². The van der Waals surface area contributed by atoms with Crippen LogP contribution in [0.2, 0.25) is 5.02 Å². The zero-order valence-corrected chi connectivity index (χ0v) is 15.2. The summed E-state index contributed by atoms with van der Waals surface area (Å²) < 4.78 is 23.1. The van der Waals surface area contributed by atoms with Gasteiger partial charge in [-0.05, 0) is 36.4 Å². The van der Waals surface area contributed by atoms with Crippen LogP contribution in [0.5, 0.6) is 0 Å². The number of nitrogens with two attached hydrogens (primary N) is 1. The number of rotatable bonds is 2. The molecule has 0 spiro atoms. The van der Waals surface area contributed by atoms with Crippen LogP contribution in [0.1, 0.15) is 16.8 Å². The molecule has 0 radical (unpaired) electrons. The topological polar surface area (TPSA) is 103 Å². The first kappa shape index (κ1) is 16.9.